The zero-order chi connectivity index (χ0) is 15.7. The third-order valence-electron chi connectivity index (χ3n) is 2.49. The molecule has 1 unspecified atom stereocenters. The van der Waals surface area contributed by atoms with Crippen molar-refractivity contribution in [2.24, 2.45) is 5.73 Å². The molecule has 1 aromatic carbocycles. The number of aromatic hydroxyl groups is 1. The monoisotopic (exact) mass is 293 g/mol. The summed E-state index contributed by atoms with van der Waals surface area (Å²) in [5, 5.41) is 21.5. The first-order valence-corrected chi connectivity index (χ1v) is 5.11. The van der Waals surface area contributed by atoms with E-state index in [1.807, 2.05) is 0 Å². The summed E-state index contributed by atoms with van der Waals surface area (Å²) in [4.78, 5) is 21.2. The first-order chi connectivity index (χ1) is 8.96. The van der Waals surface area contributed by atoms with Gasteiger partial charge >= 0.3 is 6.18 Å². The predicted octanol–water partition coefficient (Wildman–Crippen LogP) is 1.52. The fourth-order valence-corrected chi connectivity index (χ4v) is 1.16. The second-order valence-electron chi connectivity index (χ2n) is 4.11. The summed E-state index contributed by atoms with van der Waals surface area (Å²) < 4.78 is 37.7. The summed E-state index contributed by atoms with van der Waals surface area (Å²) in [6.45, 7) is 0.439. The highest BCUT2D eigenvalue weighted by Gasteiger charge is 2.54. The lowest BCUT2D eigenvalue weighted by Crippen LogP contribution is -2.59. The van der Waals surface area contributed by atoms with Crippen molar-refractivity contribution in [1.82, 2.24) is 0 Å². The number of phenols is 1. The number of benzene rings is 1. The van der Waals surface area contributed by atoms with Crippen LogP contribution in [0.2, 0.25) is 0 Å². The Bertz CT molecular complexity index is 557. The van der Waals surface area contributed by atoms with E-state index >= 15 is 0 Å². The fraction of sp³-hybridized carbons (Fsp3) is 0.300. The van der Waals surface area contributed by atoms with Crippen molar-refractivity contribution in [2.75, 3.05) is 5.32 Å². The van der Waals surface area contributed by atoms with Gasteiger partial charge in [0.2, 0.25) is 0 Å². The number of rotatable bonds is 3. The average Bonchev–Trinajstić information content (AvgIpc) is 2.29. The van der Waals surface area contributed by atoms with E-state index in [2.05, 4.69) is 0 Å². The smallest absolute Gasteiger partial charge is 0.415 e. The molecule has 0 fully saturated rings. The van der Waals surface area contributed by atoms with E-state index in [0.717, 1.165) is 12.1 Å². The quantitative estimate of drug-likeness (QED) is 0.443. The number of alkyl halides is 3. The number of hydrogen-bond donors (Lipinski definition) is 3. The second kappa shape index (κ2) is 4.96. The first kappa shape index (κ1) is 15.7. The van der Waals surface area contributed by atoms with Crippen LogP contribution in [0.25, 0.3) is 0 Å². The van der Waals surface area contributed by atoms with E-state index in [0.29, 0.717) is 13.0 Å². The molecule has 0 bridgehead atoms. The van der Waals surface area contributed by atoms with Gasteiger partial charge in [-0.05, 0) is 19.1 Å². The van der Waals surface area contributed by atoms with Gasteiger partial charge < -0.3 is 16.2 Å². The molecule has 1 amide bonds. The third kappa shape index (κ3) is 2.96. The largest absolute Gasteiger partial charge is 0.508 e. The minimum Gasteiger partial charge on any atom is -0.508 e. The molecule has 0 saturated heterocycles. The highest BCUT2D eigenvalue weighted by atomic mass is 19.4. The van der Waals surface area contributed by atoms with Gasteiger partial charge in [-0.15, -0.1) is 0 Å². The van der Waals surface area contributed by atoms with Gasteiger partial charge in [0.1, 0.15) is 11.4 Å². The zero-order valence-corrected chi connectivity index (χ0v) is 10.1. The van der Waals surface area contributed by atoms with E-state index in [4.69, 9.17) is 10.8 Å². The summed E-state index contributed by atoms with van der Waals surface area (Å²) in [7, 11) is 0. The molecule has 20 heavy (non-hydrogen) atoms. The number of halogens is 3. The van der Waals surface area contributed by atoms with Gasteiger partial charge in [0.05, 0.1) is 11.0 Å². The Labute approximate surface area is 110 Å². The van der Waals surface area contributed by atoms with Crippen molar-refractivity contribution >= 4 is 17.3 Å². The number of phenolic OH excluding ortho intramolecular Hbond substituents is 1. The van der Waals surface area contributed by atoms with E-state index in [9.17, 15) is 28.1 Å². The number of nitrogens with one attached hydrogen (secondary N) is 1. The lowest BCUT2D eigenvalue weighted by Gasteiger charge is -2.26. The van der Waals surface area contributed by atoms with Crippen molar-refractivity contribution in [3.05, 3.63) is 28.3 Å². The topological polar surface area (TPSA) is 118 Å². The summed E-state index contributed by atoms with van der Waals surface area (Å²) >= 11 is 0. The number of nitro groups is 1. The van der Waals surface area contributed by atoms with E-state index in [-0.39, 0.29) is 0 Å². The Morgan fingerprint density at radius 1 is 1.45 bits per heavy atom. The van der Waals surface area contributed by atoms with Crippen molar-refractivity contribution in [2.45, 2.75) is 18.6 Å². The molecule has 0 aromatic heterocycles. The van der Waals surface area contributed by atoms with E-state index in [1.54, 1.807) is 5.32 Å². The van der Waals surface area contributed by atoms with Crippen LogP contribution in [0.1, 0.15) is 6.92 Å². The number of hydrogen-bond acceptors (Lipinski definition) is 5. The lowest BCUT2D eigenvalue weighted by molar-refractivity contribution is -0.384. The molecule has 1 aromatic rings. The van der Waals surface area contributed by atoms with Crippen molar-refractivity contribution < 1.29 is 28.0 Å². The number of nitrogens with zero attached hydrogens (tertiary/aromatic N) is 1. The zero-order valence-electron chi connectivity index (χ0n) is 10.1. The number of amides is 1. The van der Waals surface area contributed by atoms with Crippen LogP contribution in [0, 0.1) is 10.1 Å². The van der Waals surface area contributed by atoms with Crippen LogP contribution in [0.5, 0.6) is 5.75 Å². The average molecular weight is 293 g/mol. The highest BCUT2D eigenvalue weighted by Crippen LogP contribution is 2.32. The Hall–Kier alpha value is -2.36. The van der Waals surface area contributed by atoms with Crippen molar-refractivity contribution in [3.63, 3.8) is 0 Å². The standard InChI is InChI=1S/C10H10F3N3O4/c1-9(14,10(11,12)13)8(18)15-6-3-2-5(17)4-7(6)16(19)20/h2-4,17H,14H2,1H3,(H,15,18). The van der Waals surface area contributed by atoms with Crippen molar-refractivity contribution in [1.29, 1.82) is 0 Å². The molecule has 4 N–H and O–H groups in total. The molecule has 0 aliphatic carbocycles. The van der Waals surface area contributed by atoms with Crippen molar-refractivity contribution in [3.8, 4) is 5.75 Å². The maximum atomic E-state index is 12.6. The number of nitrogens with two attached hydrogens (primary N) is 1. The van der Waals surface area contributed by atoms with Gasteiger partial charge in [-0.25, -0.2) is 0 Å². The predicted molar refractivity (Wildman–Crippen MR) is 62.0 cm³/mol. The molecule has 0 aliphatic heterocycles. The van der Waals surface area contributed by atoms with Crippen LogP contribution in [0.3, 0.4) is 0 Å². The summed E-state index contributed by atoms with van der Waals surface area (Å²) in [5.74, 6) is -2.13. The third-order valence-corrected chi connectivity index (χ3v) is 2.49. The fourth-order valence-electron chi connectivity index (χ4n) is 1.16. The molecule has 7 nitrogen and oxygen atoms in total. The van der Waals surface area contributed by atoms with Crippen LogP contribution in [0.4, 0.5) is 24.5 Å². The van der Waals surface area contributed by atoms with Gasteiger partial charge in [0.15, 0.2) is 5.54 Å². The number of anilines is 1. The molecule has 1 atom stereocenters. The Morgan fingerprint density at radius 2 is 2.00 bits per heavy atom. The normalized spacial score (nSPS) is 14.4. The molecular weight excluding hydrogens is 283 g/mol. The maximum Gasteiger partial charge on any atom is 0.415 e. The Kier molecular flexibility index (Phi) is 3.89. The number of carbonyl (C=O) groups excluding carboxylic acids is 1. The van der Waals surface area contributed by atoms with Gasteiger partial charge in [0, 0.05) is 0 Å². The van der Waals surface area contributed by atoms with Crippen LogP contribution in [-0.4, -0.2) is 27.7 Å². The van der Waals surface area contributed by atoms with Crippen LogP contribution in [0.15, 0.2) is 18.2 Å². The van der Waals surface area contributed by atoms with Gasteiger partial charge in [-0.3, -0.25) is 14.9 Å². The summed E-state index contributed by atoms with van der Waals surface area (Å²) in [6, 6.07) is 2.57. The molecule has 0 aliphatic rings. The molecule has 0 radical (unpaired) electrons. The van der Waals surface area contributed by atoms with Gasteiger partial charge in [0.25, 0.3) is 11.6 Å². The molecule has 110 valence electrons. The minimum absolute atomic E-state index is 0.439. The summed E-state index contributed by atoms with van der Waals surface area (Å²) in [6.07, 6.45) is -5.03. The SMILES string of the molecule is CC(N)(C(=O)Nc1ccc(O)cc1[N+](=O)[O-])C(F)(F)F. The van der Waals surface area contributed by atoms with Gasteiger partial charge in [-0.2, -0.15) is 13.2 Å². The Morgan fingerprint density at radius 3 is 2.45 bits per heavy atom. The number of carbonyl (C=O) groups is 1. The lowest BCUT2D eigenvalue weighted by atomic mass is 10.0. The second-order valence-corrected chi connectivity index (χ2v) is 4.11. The molecule has 10 heteroatoms. The first-order valence-electron chi connectivity index (χ1n) is 5.11. The molecule has 0 spiro atoms. The molecular formula is C10H10F3N3O4. The van der Waals surface area contributed by atoms with Gasteiger partial charge in [-0.1, -0.05) is 0 Å². The van der Waals surface area contributed by atoms with Crippen LogP contribution in [-0.2, 0) is 4.79 Å². The minimum atomic E-state index is -5.03. The molecule has 1 rings (SSSR count). The van der Waals surface area contributed by atoms with Crippen LogP contribution >= 0.6 is 0 Å². The molecule has 0 heterocycles. The van der Waals surface area contributed by atoms with E-state index in [1.165, 1.54) is 0 Å². The maximum absolute atomic E-state index is 12.6. The number of nitro benzene ring substituents is 1. The van der Waals surface area contributed by atoms with E-state index < -0.39 is 39.7 Å². The molecule has 0 saturated carbocycles. The summed E-state index contributed by atoms with van der Waals surface area (Å²) in [5.41, 5.74) is 0.421. The highest BCUT2D eigenvalue weighted by molar-refractivity contribution is 6.00. The Balaban J connectivity index is 3.12. The van der Waals surface area contributed by atoms with Crippen LogP contribution < -0.4 is 11.1 Å².